The zero-order valence-electron chi connectivity index (χ0n) is 10.5. The van der Waals surface area contributed by atoms with Crippen LogP contribution in [0.4, 0.5) is 5.69 Å². The maximum atomic E-state index is 12.3. The number of hydrogen-bond acceptors (Lipinski definition) is 4. The average Bonchev–Trinajstić information content (AvgIpc) is 2.38. The first kappa shape index (κ1) is 13.2. The molecule has 1 aromatic carbocycles. The van der Waals surface area contributed by atoms with E-state index in [1.807, 2.05) is 19.1 Å². The first-order valence-electron chi connectivity index (χ1n) is 5.51. The van der Waals surface area contributed by atoms with Gasteiger partial charge in [0.1, 0.15) is 5.69 Å². The summed E-state index contributed by atoms with van der Waals surface area (Å²) in [5.74, 6) is -1.99. The zero-order chi connectivity index (χ0) is 14.2. The van der Waals surface area contributed by atoms with E-state index in [1.54, 1.807) is 11.4 Å². The van der Waals surface area contributed by atoms with Crippen LogP contribution in [-0.4, -0.2) is 18.9 Å². The summed E-state index contributed by atoms with van der Waals surface area (Å²) in [4.78, 5) is 35.7. The topological polar surface area (TPSA) is 80.5 Å². The van der Waals surface area contributed by atoms with Crippen LogP contribution in [0.5, 0.6) is 0 Å². The van der Waals surface area contributed by atoms with Crippen molar-refractivity contribution in [3.05, 3.63) is 39.4 Å². The minimum atomic E-state index is -1.09. The number of fused-ring (bicyclic) bond motifs is 1. The molecule has 2 aromatic rings. The average molecular weight is 276 g/mol. The molecule has 0 bridgehead atoms. The number of amides is 2. The highest BCUT2D eigenvalue weighted by Gasteiger charge is 2.19. The lowest BCUT2D eigenvalue weighted by atomic mass is 10.1. The summed E-state index contributed by atoms with van der Waals surface area (Å²) in [6, 6.07) is 5.53. The van der Waals surface area contributed by atoms with Crippen molar-refractivity contribution < 1.29 is 9.59 Å². The van der Waals surface area contributed by atoms with E-state index in [1.165, 1.54) is 18.4 Å². The molecule has 0 saturated heterocycles. The van der Waals surface area contributed by atoms with Crippen molar-refractivity contribution in [3.63, 3.8) is 0 Å². The molecule has 1 heterocycles. The van der Waals surface area contributed by atoms with Crippen LogP contribution < -0.4 is 16.1 Å². The van der Waals surface area contributed by atoms with E-state index >= 15 is 0 Å². The van der Waals surface area contributed by atoms with Crippen LogP contribution in [0.15, 0.2) is 28.4 Å². The third-order valence-corrected chi connectivity index (χ3v) is 3.74. The highest BCUT2D eigenvalue weighted by molar-refractivity contribution is 7.16. The van der Waals surface area contributed by atoms with Crippen molar-refractivity contribution >= 4 is 38.9 Å². The summed E-state index contributed by atoms with van der Waals surface area (Å²) in [5.41, 5.74) is 5.76. The maximum Gasteiger partial charge on any atom is 0.315 e. The number of carbonyl (C=O) groups excluding carboxylic acids is 2. The number of nitrogens with zero attached hydrogens (tertiary/aromatic N) is 1. The Labute approximate surface area is 113 Å². The van der Waals surface area contributed by atoms with Gasteiger partial charge < -0.3 is 10.6 Å². The fourth-order valence-corrected chi connectivity index (χ4v) is 2.67. The molecule has 2 N–H and O–H groups in total. The maximum absolute atomic E-state index is 12.3. The summed E-state index contributed by atoms with van der Waals surface area (Å²) in [7, 11) is 1.36. The number of aryl methyl sites for hydroxylation is 1. The molecular weight excluding hydrogens is 264 g/mol. The molecule has 5 nitrogen and oxygen atoms in total. The van der Waals surface area contributed by atoms with Gasteiger partial charge in [-0.2, -0.15) is 0 Å². The Hall–Kier alpha value is -2.21. The number of primary amides is 1. The molecule has 0 fully saturated rings. The summed E-state index contributed by atoms with van der Waals surface area (Å²) < 4.78 is 0.833. The van der Waals surface area contributed by atoms with Gasteiger partial charge in [0.2, 0.25) is 5.43 Å². The summed E-state index contributed by atoms with van der Waals surface area (Å²) in [6.07, 6.45) is 0. The highest BCUT2D eigenvalue weighted by Crippen LogP contribution is 2.21. The second kappa shape index (κ2) is 4.81. The number of rotatable bonds is 1. The third-order valence-electron chi connectivity index (χ3n) is 2.79. The Morgan fingerprint density at radius 1 is 1.32 bits per heavy atom. The molecule has 0 atom stereocenters. The van der Waals surface area contributed by atoms with Gasteiger partial charge >= 0.3 is 11.8 Å². The standard InChI is InChI=1S/C13H12N2O3S/c1-7-3-4-10-8(5-7)11(16)9(6-19-10)15(2)13(18)12(14)17/h3-6H,1-2H3,(H2,14,17). The largest absolute Gasteiger partial charge is 0.361 e. The van der Waals surface area contributed by atoms with Gasteiger partial charge in [-0.15, -0.1) is 11.3 Å². The van der Waals surface area contributed by atoms with Gasteiger partial charge in [0.15, 0.2) is 0 Å². The fourth-order valence-electron chi connectivity index (χ4n) is 1.74. The zero-order valence-corrected chi connectivity index (χ0v) is 11.3. The summed E-state index contributed by atoms with van der Waals surface area (Å²) >= 11 is 1.34. The van der Waals surface area contributed by atoms with Crippen LogP contribution >= 0.6 is 11.3 Å². The molecule has 0 spiro atoms. The number of hydrogen-bond donors (Lipinski definition) is 1. The Morgan fingerprint density at radius 3 is 2.63 bits per heavy atom. The molecule has 2 amide bonds. The van der Waals surface area contributed by atoms with E-state index in [-0.39, 0.29) is 11.1 Å². The van der Waals surface area contributed by atoms with Gasteiger partial charge in [0, 0.05) is 22.5 Å². The molecule has 98 valence electrons. The third kappa shape index (κ3) is 2.34. The first-order valence-corrected chi connectivity index (χ1v) is 6.39. The summed E-state index contributed by atoms with van der Waals surface area (Å²) in [5, 5.41) is 2.09. The van der Waals surface area contributed by atoms with Gasteiger partial charge in [-0.05, 0) is 19.1 Å². The van der Waals surface area contributed by atoms with Crippen LogP contribution in [0, 0.1) is 6.92 Å². The lowest BCUT2D eigenvalue weighted by Gasteiger charge is -2.14. The van der Waals surface area contributed by atoms with Crippen LogP contribution in [0.2, 0.25) is 0 Å². The predicted octanol–water partition coefficient (Wildman–Crippen LogP) is 1.02. The van der Waals surface area contributed by atoms with Crippen molar-refractivity contribution in [2.24, 2.45) is 5.73 Å². The molecule has 2 rings (SSSR count). The molecule has 0 aliphatic rings. The number of carbonyl (C=O) groups is 2. The second-order valence-electron chi connectivity index (χ2n) is 4.18. The number of nitrogens with two attached hydrogens (primary N) is 1. The van der Waals surface area contributed by atoms with E-state index in [0.717, 1.165) is 15.2 Å². The van der Waals surface area contributed by atoms with E-state index in [2.05, 4.69) is 0 Å². The lowest BCUT2D eigenvalue weighted by molar-refractivity contribution is -0.135. The van der Waals surface area contributed by atoms with Crippen molar-refractivity contribution in [3.8, 4) is 0 Å². The smallest absolute Gasteiger partial charge is 0.315 e. The van der Waals surface area contributed by atoms with Gasteiger partial charge in [0.05, 0.1) is 0 Å². The number of likely N-dealkylation sites (N-methyl/N-ethyl adjacent to an activating group) is 1. The normalized spacial score (nSPS) is 10.4. The van der Waals surface area contributed by atoms with E-state index in [0.29, 0.717) is 5.39 Å². The van der Waals surface area contributed by atoms with Crippen molar-refractivity contribution in [1.82, 2.24) is 0 Å². The van der Waals surface area contributed by atoms with Gasteiger partial charge in [-0.3, -0.25) is 14.4 Å². The molecule has 0 aliphatic heterocycles. The van der Waals surface area contributed by atoms with Crippen molar-refractivity contribution in [2.45, 2.75) is 6.92 Å². The molecule has 0 saturated carbocycles. The van der Waals surface area contributed by atoms with Crippen molar-refractivity contribution in [1.29, 1.82) is 0 Å². The fraction of sp³-hybridized carbons (Fsp3) is 0.154. The Morgan fingerprint density at radius 2 is 2.00 bits per heavy atom. The minimum absolute atomic E-state index is 0.159. The predicted molar refractivity (Wildman–Crippen MR) is 75.4 cm³/mol. The molecule has 0 unspecified atom stereocenters. The van der Waals surface area contributed by atoms with Crippen molar-refractivity contribution in [2.75, 3.05) is 11.9 Å². The van der Waals surface area contributed by atoms with Crippen LogP contribution in [0.3, 0.4) is 0 Å². The first-order chi connectivity index (χ1) is 8.91. The molecular formula is C13H12N2O3S. The van der Waals surface area contributed by atoms with Crippen LogP contribution in [0.25, 0.3) is 10.1 Å². The number of benzene rings is 1. The molecule has 19 heavy (non-hydrogen) atoms. The van der Waals surface area contributed by atoms with E-state index < -0.39 is 11.8 Å². The quantitative estimate of drug-likeness (QED) is 0.790. The van der Waals surface area contributed by atoms with Gasteiger partial charge in [-0.1, -0.05) is 11.6 Å². The monoisotopic (exact) mass is 276 g/mol. The van der Waals surface area contributed by atoms with E-state index in [4.69, 9.17) is 5.73 Å². The Kier molecular flexibility index (Phi) is 3.35. The Bertz CT molecular complexity index is 736. The minimum Gasteiger partial charge on any atom is -0.361 e. The SMILES string of the molecule is Cc1ccc2scc(N(C)C(=O)C(N)=O)c(=O)c2c1. The highest BCUT2D eigenvalue weighted by atomic mass is 32.1. The van der Waals surface area contributed by atoms with Gasteiger partial charge in [-0.25, -0.2) is 0 Å². The van der Waals surface area contributed by atoms with Crippen LogP contribution in [0.1, 0.15) is 5.56 Å². The van der Waals surface area contributed by atoms with Gasteiger partial charge in [0.25, 0.3) is 0 Å². The number of anilines is 1. The molecule has 1 aromatic heterocycles. The lowest BCUT2D eigenvalue weighted by Crippen LogP contribution is -2.39. The summed E-state index contributed by atoms with van der Waals surface area (Å²) in [6.45, 7) is 1.88. The molecule has 6 heteroatoms. The Balaban J connectivity index is 2.63. The molecule has 0 radical (unpaired) electrons. The van der Waals surface area contributed by atoms with Crippen LogP contribution in [-0.2, 0) is 9.59 Å². The van der Waals surface area contributed by atoms with E-state index in [9.17, 15) is 14.4 Å². The molecule has 0 aliphatic carbocycles. The second-order valence-corrected chi connectivity index (χ2v) is 5.09.